The zero-order chi connectivity index (χ0) is 19.5. The van der Waals surface area contributed by atoms with E-state index < -0.39 is 10.0 Å². The van der Waals surface area contributed by atoms with Crippen LogP contribution in [0.4, 0.5) is 5.95 Å². The normalized spacial score (nSPS) is 11.3. The van der Waals surface area contributed by atoms with Gasteiger partial charge in [-0.15, -0.1) is 0 Å². The Morgan fingerprint density at radius 1 is 1.04 bits per heavy atom. The summed E-state index contributed by atoms with van der Waals surface area (Å²) in [6.45, 7) is 3.46. The molecule has 0 bridgehead atoms. The Bertz CT molecular complexity index is 900. The van der Waals surface area contributed by atoms with Gasteiger partial charge in [-0.1, -0.05) is 0 Å². The summed E-state index contributed by atoms with van der Waals surface area (Å²) >= 11 is 0. The van der Waals surface area contributed by atoms with Gasteiger partial charge >= 0.3 is 6.01 Å². The zero-order valence-electron chi connectivity index (χ0n) is 15.7. The molecule has 0 amide bonds. The number of ether oxygens (including phenoxy) is 2. The molecule has 0 aliphatic carbocycles. The van der Waals surface area contributed by atoms with E-state index in [-0.39, 0.29) is 23.3 Å². The number of aromatic nitrogens is 3. The molecule has 1 N–H and O–H groups in total. The first-order chi connectivity index (χ1) is 12.2. The summed E-state index contributed by atoms with van der Waals surface area (Å²) in [5.74, 6) is 1.27. The minimum atomic E-state index is -3.75. The number of nitrogens with one attached hydrogen (secondary N) is 1. The molecule has 1 aromatic heterocycles. The van der Waals surface area contributed by atoms with Crippen LogP contribution in [0.25, 0.3) is 0 Å². The fourth-order valence-corrected chi connectivity index (χ4v) is 3.56. The largest absolute Gasteiger partial charge is 0.496 e. The van der Waals surface area contributed by atoms with Crippen molar-refractivity contribution in [3.05, 3.63) is 29.1 Å². The second-order valence-corrected chi connectivity index (χ2v) is 7.51. The van der Waals surface area contributed by atoms with Crippen LogP contribution in [0.3, 0.4) is 0 Å². The first-order valence-corrected chi connectivity index (χ1v) is 9.28. The zero-order valence-corrected chi connectivity index (χ0v) is 16.5. The second-order valence-electron chi connectivity index (χ2n) is 5.77. The number of sulfonamides is 1. The highest BCUT2D eigenvalue weighted by Crippen LogP contribution is 2.26. The molecule has 2 aromatic rings. The van der Waals surface area contributed by atoms with E-state index in [1.165, 1.54) is 13.2 Å². The van der Waals surface area contributed by atoms with Gasteiger partial charge in [0.15, 0.2) is 5.82 Å². The van der Waals surface area contributed by atoms with E-state index in [9.17, 15) is 8.42 Å². The maximum Gasteiger partial charge on any atom is 0.321 e. The van der Waals surface area contributed by atoms with Crippen molar-refractivity contribution >= 4 is 16.0 Å². The fraction of sp³-hybridized carbons (Fsp3) is 0.438. The van der Waals surface area contributed by atoms with Gasteiger partial charge in [0, 0.05) is 14.1 Å². The molecule has 0 unspecified atom stereocenters. The van der Waals surface area contributed by atoms with Gasteiger partial charge in [0.05, 0.1) is 25.7 Å². The summed E-state index contributed by atoms with van der Waals surface area (Å²) in [7, 11) is 2.77. The molecule has 10 heteroatoms. The molecule has 0 radical (unpaired) electrons. The van der Waals surface area contributed by atoms with Crippen LogP contribution in [0, 0.1) is 13.8 Å². The van der Waals surface area contributed by atoms with Gasteiger partial charge in [0.1, 0.15) is 5.75 Å². The summed E-state index contributed by atoms with van der Waals surface area (Å²) < 4.78 is 38.2. The van der Waals surface area contributed by atoms with E-state index in [0.29, 0.717) is 17.3 Å². The summed E-state index contributed by atoms with van der Waals surface area (Å²) in [4.78, 5) is 14.3. The lowest BCUT2D eigenvalue weighted by Crippen LogP contribution is -2.26. The van der Waals surface area contributed by atoms with Crippen LogP contribution in [-0.2, 0) is 16.6 Å². The molecule has 9 nitrogen and oxygen atoms in total. The molecule has 1 aromatic carbocycles. The summed E-state index contributed by atoms with van der Waals surface area (Å²) in [6, 6.07) is 3.27. The Hall–Kier alpha value is -2.46. The van der Waals surface area contributed by atoms with E-state index >= 15 is 0 Å². The van der Waals surface area contributed by atoms with E-state index in [2.05, 4.69) is 19.7 Å². The van der Waals surface area contributed by atoms with E-state index in [4.69, 9.17) is 9.47 Å². The highest BCUT2D eigenvalue weighted by Gasteiger charge is 2.20. The topological polar surface area (TPSA) is 107 Å². The number of anilines is 1. The first-order valence-electron chi connectivity index (χ1n) is 7.79. The fourth-order valence-electron chi connectivity index (χ4n) is 2.28. The van der Waals surface area contributed by atoms with Gasteiger partial charge < -0.3 is 14.4 Å². The second kappa shape index (κ2) is 7.83. The van der Waals surface area contributed by atoms with Crippen molar-refractivity contribution in [1.82, 2.24) is 19.7 Å². The van der Waals surface area contributed by atoms with Crippen LogP contribution in [0.1, 0.15) is 17.0 Å². The Morgan fingerprint density at radius 3 is 2.31 bits per heavy atom. The number of rotatable bonds is 7. The number of hydrogen-bond acceptors (Lipinski definition) is 8. The van der Waals surface area contributed by atoms with Gasteiger partial charge in [0.25, 0.3) is 0 Å². The molecule has 0 aliphatic rings. The minimum absolute atomic E-state index is 0.0907. The lowest BCUT2D eigenvalue weighted by Gasteiger charge is -2.14. The van der Waals surface area contributed by atoms with Gasteiger partial charge in [0.2, 0.25) is 16.0 Å². The predicted molar refractivity (Wildman–Crippen MR) is 97.2 cm³/mol. The van der Waals surface area contributed by atoms with Crippen LogP contribution < -0.4 is 19.1 Å². The highest BCUT2D eigenvalue weighted by atomic mass is 32.2. The average Bonchev–Trinajstić information content (AvgIpc) is 2.61. The lowest BCUT2D eigenvalue weighted by molar-refractivity contribution is 0.375. The van der Waals surface area contributed by atoms with Crippen molar-refractivity contribution in [2.45, 2.75) is 25.3 Å². The summed E-state index contributed by atoms with van der Waals surface area (Å²) in [5.41, 5.74) is 1.39. The quantitative estimate of drug-likeness (QED) is 0.758. The molecule has 0 fully saturated rings. The standard InChI is InChI=1S/C16H23N5O4S/c1-10-11(2)13(8-7-12(10)24-5)26(22,23)17-9-14-18-15(21(3)4)20-16(19-14)25-6/h7-8,17H,9H2,1-6H3. The molecular weight excluding hydrogens is 358 g/mol. The van der Waals surface area contributed by atoms with Crippen molar-refractivity contribution in [3.63, 3.8) is 0 Å². The van der Waals surface area contributed by atoms with Gasteiger partial charge in [-0.25, -0.2) is 13.1 Å². The van der Waals surface area contributed by atoms with Gasteiger partial charge in [-0.3, -0.25) is 0 Å². The molecule has 0 spiro atoms. The van der Waals surface area contributed by atoms with Crippen molar-refractivity contribution in [3.8, 4) is 11.8 Å². The van der Waals surface area contributed by atoms with Crippen LogP contribution >= 0.6 is 0 Å². The maximum atomic E-state index is 12.7. The van der Waals surface area contributed by atoms with Crippen LogP contribution in [-0.4, -0.2) is 51.7 Å². The molecule has 0 atom stereocenters. The molecule has 2 rings (SSSR count). The van der Waals surface area contributed by atoms with Crippen molar-refractivity contribution in [2.24, 2.45) is 0 Å². The smallest absolute Gasteiger partial charge is 0.321 e. The first kappa shape index (κ1) is 19.9. The minimum Gasteiger partial charge on any atom is -0.496 e. The number of methoxy groups -OCH3 is 2. The van der Waals surface area contributed by atoms with Crippen molar-refractivity contribution < 1.29 is 17.9 Å². The molecule has 142 valence electrons. The number of benzene rings is 1. The third-order valence-corrected chi connectivity index (χ3v) is 5.40. The Morgan fingerprint density at radius 2 is 1.73 bits per heavy atom. The van der Waals surface area contributed by atoms with Crippen LogP contribution in [0.2, 0.25) is 0 Å². The Balaban J connectivity index is 2.29. The summed E-state index contributed by atoms with van der Waals surface area (Å²) in [5, 5.41) is 0. The number of nitrogens with zero attached hydrogens (tertiary/aromatic N) is 4. The van der Waals surface area contributed by atoms with Crippen molar-refractivity contribution in [1.29, 1.82) is 0 Å². The summed E-state index contributed by atoms with van der Waals surface area (Å²) in [6.07, 6.45) is 0. The maximum absolute atomic E-state index is 12.7. The monoisotopic (exact) mass is 381 g/mol. The predicted octanol–water partition coefficient (Wildman–Crippen LogP) is 1.05. The Kier molecular flexibility index (Phi) is 5.98. The van der Waals surface area contributed by atoms with Gasteiger partial charge in [-0.2, -0.15) is 15.0 Å². The molecular formula is C16H23N5O4S. The van der Waals surface area contributed by atoms with E-state index in [1.807, 2.05) is 6.92 Å². The van der Waals surface area contributed by atoms with E-state index in [1.54, 1.807) is 39.1 Å². The van der Waals surface area contributed by atoms with Crippen LogP contribution in [0.5, 0.6) is 11.8 Å². The molecule has 0 aliphatic heterocycles. The van der Waals surface area contributed by atoms with Crippen molar-refractivity contribution in [2.75, 3.05) is 33.2 Å². The molecule has 0 saturated carbocycles. The van der Waals surface area contributed by atoms with Crippen LogP contribution in [0.15, 0.2) is 17.0 Å². The van der Waals surface area contributed by atoms with E-state index in [0.717, 1.165) is 5.56 Å². The highest BCUT2D eigenvalue weighted by molar-refractivity contribution is 7.89. The third kappa shape index (κ3) is 4.20. The number of hydrogen-bond donors (Lipinski definition) is 1. The molecule has 0 saturated heterocycles. The lowest BCUT2D eigenvalue weighted by atomic mass is 10.1. The van der Waals surface area contributed by atoms with Gasteiger partial charge in [-0.05, 0) is 37.1 Å². The molecule has 1 heterocycles. The SMILES string of the molecule is COc1nc(CNS(=O)(=O)c2ccc(OC)c(C)c2C)nc(N(C)C)n1. The molecule has 26 heavy (non-hydrogen) atoms. The third-order valence-electron chi connectivity index (χ3n) is 3.85. The Labute approximate surface area is 153 Å². The average molecular weight is 381 g/mol.